The van der Waals surface area contributed by atoms with Crippen LogP contribution in [0.5, 0.6) is 0 Å². The van der Waals surface area contributed by atoms with E-state index in [1.807, 2.05) is 26.0 Å². The Balaban J connectivity index is 1.59. The van der Waals surface area contributed by atoms with Gasteiger partial charge in [0, 0.05) is 9.92 Å². The van der Waals surface area contributed by atoms with E-state index in [4.69, 9.17) is 16.0 Å². The number of nitrogens with zero attached hydrogens (tertiary/aromatic N) is 3. The van der Waals surface area contributed by atoms with Gasteiger partial charge in [-0.1, -0.05) is 16.7 Å². The zero-order chi connectivity index (χ0) is 17.1. The van der Waals surface area contributed by atoms with Crippen LogP contribution >= 0.6 is 34.7 Å². The summed E-state index contributed by atoms with van der Waals surface area (Å²) < 4.78 is 5.49. The maximum atomic E-state index is 12.0. The average molecular weight is 381 g/mol. The highest BCUT2D eigenvalue weighted by molar-refractivity contribution is 8.00. The SMILES string of the molecule is Cc1nc(C)c(-c2nnc(NC(=O)CSc3ccc(Cl)cc3)o2)s1. The summed E-state index contributed by atoms with van der Waals surface area (Å²) in [6.07, 6.45) is 0. The van der Waals surface area contributed by atoms with Crippen molar-refractivity contribution in [1.82, 2.24) is 15.2 Å². The van der Waals surface area contributed by atoms with Crippen LogP contribution in [0.1, 0.15) is 10.7 Å². The van der Waals surface area contributed by atoms with Crippen LogP contribution in [-0.4, -0.2) is 26.8 Å². The van der Waals surface area contributed by atoms with Gasteiger partial charge in [0.15, 0.2) is 0 Å². The molecule has 6 nitrogen and oxygen atoms in total. The Labute approximate surface area is 151 Å². The highest BCUT2D eigenvalue weighted by Gasteiger charge is 2.16. The second kappa shape index (κ2) is 7.33. The zero-order valence-corrected chi connectivity index (χ0v) is 15.3. The summed E-state index contributed by atoms with van der Waals surface area (Å²) in [5.74, 6) is 0.374. The smallest absolute Gasteiger partial charge is 0.322 e. The Bertz CT molecular complexity index is 861. The number of thiazole rings is 1. The number of aryl methyl sites for hydroxylation is 2. The van der Waals surface area contributed by atoms with Crippen LogP contribution in [0.4, 0.5) is 6.01 Å². The van der Waals surface area contributed by atoms with E-state index in [9.17, 15) is 4.79 Å². The molecule has 124 valence electrons. The lowest BCUT2D eigenvalue weighted by molar-refractivity contribution is -0.113. The standard InChI is InChI=1S/C15H13ClN4O2S2/c1-8-13(24-9(2)17-8)14-19-20-15(22-14)18-12(21)7-23-11-5-3-10(16)4-6-11/h3-6H,7H2,1-2H3,(H,18,20,21). The van der Waals surface area contributed by atoms with Crippen LogP contribution in [-0.2, 0) is 4.79 Å². The molecular formula is C15H13ClN4O2S2. The number of nitrogens with one attached hydrogen (secondary N) is 1. The van der Waals surface area contributed by atoms with Crippen LogP contribution in [0.15, 0.2) is 33.6 Å². The van der Waals surface area contributed by atoms with Crippen molar-refractivity contribution in [3.63, 3.8) is 0 Å². The number of anilines is 1. The fraction of sp³-hybridized carbons (Fsp3) is 0.200. The Morgan fingerprint density at radius 1 is 1.29 bits per heavy atom. The molecule has 0 unspecified atom stereocenters. The van der Waals surface area contributed by atoms with Gasteiger partial charge < -0.3 is 4.42 Å². The molecule has 2 heterocycles. The highest BCUT2D eigenvalue weighted by Crippen LogP contribution is 2.29. The summed E-state index contributed by atoms with van der Waals surface area (Å²) >= 11 is 8.70. The van der Waals surface area contributed by atoms with Gasteiger partial charge >= 0.3 is 6.01 Å². The van der Waals surface area contributed by atoms with Gasteiger partial charge in [-0.25, -0.2) is 4.98 Å². The summed E-state index contributed by atoms with van der Waals surface area (Å²) in [5, 5.41) is 12.0. The summed E-state index contributed by atoms with van der Waals surface area (Å²) in [4.78, 5) is 18.1. The van der Waals surface area contributed by atoms with Crippen LogP contribution in [0.2, 0.25) is 5.02 Å². The fourth-order valence-corrected chi connectivity index (χ4v) is 3.60. The third-order valence-electron chi connectivity index (χ3n) is 2.95. The summed E-state index contributed by atoms with van der Waals surface area (Å²) in [5.41, 5.74) is 0.831. The number of amides is 1. The predicted octanol–water partition coefficient (Wildman–Crippen LogP) is 4.19. The number of benzene rings is 1. The van der Waals surface area contributed by atoms with Gasteiger partial charge in [0.2, 0.25) is 5.91 Å². The van der Waals surface area contributed by atoms with Gasteiger partial charge in [-0.05, 0) is 38.1 Å². The third-order valence-corrected chi connectivity index (χ3v) is 5.28. The van der Waals surface area contributed by atoms with Gasteiger partial charge in [-0.2, -0.15) is 0 Å². The van der Waals surface area contributed by atoms with E-state index in [0.717, 1.165) is 20.5 Å². The largest absolute Gasteiger partial charge is 0.402 e. The molecule has 0 aliphatic heterocycles. The number of aromatic nitrogens is 3. The van der Waals surface area contributed by atoms with Crippen LogP contribution in [0.3, 0.4) is 0 Å². The molecule has 1 N–H and O–H groups in total. The molecular weight excluding hydrogens is 368 g/mol. The fourth-order valence-electron chi connectivity index (χ4n) is 1.93. The molecule has 24 heavy (non-hydrogen) atoms. The second-order valence-corrected chi connectivity index (χ2v) is 7.54. The zero-order valence-electron chi connectivity index (χ0n) is 12.9. The molecule has 0 spiro atoms. The van der Waals surface area contributed by atoms with E-state index >= 15 is 0 Å². The number of carbonyl (C=O) groups is 1. The topological polar surface area (TPSA) is 80.9 Å². The van der Waals surface area contributed by atoms with Crippen LogP contribution in [0.25, 0.3) is 10.8 Å². The quantitative estimate of drug-likeness (QED) is 0.668. The van der Waals surface area contributed by atoms with Crippen molar-refractivity contribution >= 4 is 46.6 Å². The molecule has 0 bridgehead atoms. The molecule has 0 aliphatic rings. The Morgan fingerprint density at radius 3 is 2.71 bits per heavy atom. The number of thioether (sulfide) groups is 1. The van der Waals surface area contributed by atoms with Crippen molar-refractivity contribution in [2.75, 3.05) is 11.1 Å². The summed E-state index contributed by atoms with van der Waals surface area (Å²) in [6, 6.07) is 7.37. The van der Waals surface area contributed by atoms with Crippen LogP contribution in [0, 0.1) is 13.8 Å². The van der Waals surface area contributed by atoms with E-state index in [1.165, 1.54) is 23.1 Å². The molecule has 0 aliphatic carbocycles. The van der Waals surface area contributed by atoms with Gasteiger partial charge in [0.05, 0.1) is 16.5 Å². The number of hydrogen-bond donors (Lipinski definition) is 1. The highest BCUT2D eigenvalue weighted by atomic mass is 35.5. The van der Waals surface area contributed by atoms with Gasteiger partial charge in [0.1, 0.15) is 4.88 Å². The van der Waals surface area contributed by atoms with Crippen molar-refractivity contribution in [2.24, 2.45) is 0 Å². The molecule has 1 aromatic carbocycles. The number of halogens is 1. The molecule has 0 saturated carbocycles. The van der Waals surface area contributed by atoms with Crippen molar-refractivity contribution in [3.05, 3.63) is 40.0 Å². The van der Waals surface area contributed by atoms with Gasteiger partial charge in [-0.3, -0.25) is 10.1 Å². The van der Waals surface area contributed by atoms with E-state index < -0.39 is 0 Å². The van der Waals surface area contributed by atoms with Crippen molar-refractivity contribution in [1.29, 1.82) is 0 Å². The Morgan fingerprint density at radius 2 is 2.04 bits per heavy atom. The molecule has 0 radical (unpaired) electrons. The minimum atomic E-state index is -0.220. The Hall–Kier alpha value is -1.90. The number of hydrogen-bond acceptors (Lipinski definition) is 7. The molecule has 9 heteroatoms. The summed E-state index contributed by atoms with van der Waals surface area (Å²) in [6.45, 7) is 3.79. The first-order chi connectivity index (χ1) is 11.5. The maximum absolute atomic E-state index is 12.0. The predicted molar refractivity (Wildman–Crippen MR) is 95.7 cm³/mol. The van der Waals surface area contributed by atoms with Crippen LogP contribution < -0.4 is 5.32 Å². The van der Waals surface area contributed by atoms with E-state index in [0.29, 0.717) is 10.9 Å². The summed E-state index contributed by atoms with van der Waals surface area (Å²) in [7, 11) is 0. The monoisotopic (exact) mass is 380 g/mol. The average Bonchev–Trinajstić information content (AvgIpc) is 3.12. The van der Waals surface area contributed by atoms with Gasteiger partial charge in [0.25, 0.3) is 5.89 Å². The lowest BCUT2D eigenvalue weighted by Crippen LogP contribution is -2.14. The lowest BCUT2D eigenvalue weighted by Gasteiger charge is -2.01. The molecule has 2 aromatic heterocycles. The Kier molecular flexibility index (Phi) is 5.17. The van der Waals surface area contributed by atoms with Crippen molar-refractivity contribution in [3.8, 4) is 10.8 Å². The first-order valence-electron chi connectivity index (χ1n) is 6.97. The molecule has 1 amide bonds. The first-order valence-corrected chi connectivity index (χ1v) is 9.15. The first kappa shape index (κ1) is 16.9. The molecule has 3 rings (SSSR count). The van der Waals surface area contributed by atoms with Crippen molar-refractivity contribution in [2.45, 2.75) is 18.7 Å². The minimum Gasteiger partial charge on any atom is -0.402 e. The third kappa shape index (κ3) is 4.14. The lowest BCUT2D eigenvalue weighted by atomic mass is 10.4. The molecule has 0 saturated heterocycles. The molecule has 0 fully saturated rings. The van der Waals surface area contributed by atoms with E-state index in [-0.39, 0.29) is 17.7 Å². The van der Waals surface area contributed by atoms with Crippen molar-refractivity contribution < 1.29 is 9.21 Å². The van der Waals surface area contributed by atoms with E-state index in [2.05, 4.69) is 20.5 Å². The second-order valence-electron chi connectivity index (χ2n) is 4.85. The number of carbonyl (C=O) groups excluding carboxylic acids is 1. The minimum absolute atomic E-state index is 0.0807. The maximum Gasteiger partial charge on any atom is 0.322 e. The number of rotatable bonds is 5. The molecule has 0 atom stereocenters. The van der Waals surface area contributed by atoms with Gasteiger partial charge in [-0.15, -0.1) is 28.2 Å². The van der Waals surface area contributed by atoms with E-state index in [1.54, 1.807) is 12.1 Å². The normalized spacial score (nSPS) is 10.8. The molecule has 3 aromatic rings.